The maximum atomic E-state index is 5.54. The zero-order chi connectivity index (χ0) is 38.1. The van der Waals surface area contributed by atoms with Gasteiger partial charge in [-0.1, -0.05) is 190 Å². The largest absolute Gasteiger partial charge is 0.228 e. The summed E-state index contributed by atoms with van der Waals surface area (Å²) < 4.78 is 0. The molecule has 0 atom stereocenters. The number of rotatable bonds is 5. The summed E-state index contributed by atoms with van der Waals surface area (Å²) in [6, 6.07) is 70.1. The van der Waals surface area contributed by atoms with Gasteiger partial charge in [-0.2, -0.15) is 0 Å². The molecule has 1 aromatic heterocycles. The molecule has 2 nitrogen and oxygen atoms in total. The maximum absolute atomic E-state index is 5.54. The highest BCUT2D eigenvalue weighted by atomic mass is 14.9. The van der Waals surface area contributed by atoms with Crippen LogP contribution in [-0.4, -0.2) is 9.97 Å². The highest BCUT2D eigenvalue weighted by molar-refractivity contribution is 6.19. The first-order chi connectivity index (χ1) is 28.0. The maximum Gasteiger partial charge on any atom is 0.161 e. The molecule has 0 saturated carbocycles. The predicted molar refractivity (Wildman–Crippen MR) is 239 cm³/mol. The fourth-order valence-corrected chi connectivity index (χ4v) is 9.42. The van der Waals surface area contributed by atoms with E-state index in [1.54, 1.807) is 0 Å². The molecule has 0 amide bonds. The lowest BCUT2D eigenvalue weighted by Gasteiger charge is -2.24. The molecule has 1 aliphatic carbocycles. The minimum atomic E-state index is -0.130. The van der Waals surface area contributed by atoms with E-state index in [9.17, 15) is 0 Å². The van der Waals surface area contributed by atoms with Crippen LogP contribution in [0.4, 0.5) is 0 Å². The first-order valence-corrected chi connectivity index (χ1v) is 19.7. The third-order valence-corrected chi connectivity index (χ3v) is 12.1. The van der Waals surface area contributed by atoms with Crippen molar-refractivity contribution in [1.29, 1.82) is 0 Å². The van der Waals surface area contributed by atoms with Crippen molar-refractivity contribution in [2.45, 2.75) is 19.3 Å². The first kappa shape index (κ1) is 33.2. The van der Waals surface area contributed by atoms with Crippen molar-refractivity contribution in [1.82, 2.24) is 9.97 Å². The third-order valence-electron chi connectivity index (χ3n) is 12.1. The summed E-state index contributed by atoms with van der Waals surface area (Å²) in [6.07, 6.45) is 0. The standard InChI is InChI=1S/C55H38N2/c1-55(2)49-29-13-12-25-44(49)47-28-15-27-43(53(47)55)37-20-14-21-39(32-37)50-34-51(45-26-11-10-22-40(45)35-16-4-3-5-17-35)57-54(56-50)52-42-24-9-7-19-38(42)33-48-41-23-8-6-18-36(41)30-31-46(48)52/h3-34H,1-2H3. The van der Waals surface area contributed by atoms with Gasteiger partial charge in [0.15, 0.2) is 5.82 Å². The SMILES string of the molecule is CC1(C)c2ccccc2-c2cccc(-c3cccc(-c4cc(-c5ccccc5-c5ccccc5)nc(-c5c6ccccc6cc6c5ccc5ccccc56)n4)c3)c21. The Bertz CT molecular complexity index is 3210. The monoisotopic (exact) mass is 726 g/mol. The van der Waals surface area contributed by atoms with Gasteiger partial charge in [-0.15, -0.1) is 0 Å². The Labute approximate surface area is 332 Å². The molecule has 10 aromatic rings. The zero-order valence-electron chi connectivity index (χ0n) is 31.9. The van der Waals surface area contributed by atoms with Gasteiger partial charge in [-0.25, -0.2) is 9.97 Å². The minimum absolute atomic E-state index is 0.130. The quantitative estimate of drug-likeness (QED) is 0.130. The van der Waals surface area contributed by atoms with Gasteiger partial charge in [0.1, 0.15) is 0 Å². The third kappa shape index (κ3) is 5.33. The minimum Gasteiger partial charge on any atom is -0.228 e. The van der Waals surface area contributed by atoms with Gasteiger partial charge in [0, 0.05) is 22.1 Å². The summed E-state index contributed by atoms with van der Waals surface area (Å²) in [6.45, 7) is 4.71. The molecule has 0 aliphatic heterocycles. The molecule has 0 radical (unpaired) electrons. The van der Waals surface area contributed by atoms with E-state index >= 15 is 0 Å². The van der Waals surface area contributed by atoms with Gasteiger partial charge in [0.05, 0.1) is 11.4 Å². The van der Waals surface area contributed by atoms with Crippen molar-refractivity contribution >= 4 is 32.3 Å². The van der Waals surface area contributed by atoms with E-state index in [1.165, 1.54) is 54.9 Å². The Morgan fingerprint density at radius 2 is 0.965 bits per heavy atom. The predicted octanol–water partition coefficient (Wildman–Crippen LogP) is 14.6. The molecule has 11 rings (SSSR count). The topological polar surface area (TPSA) is 25.8 Å². The van der Waals surface area contributed by atoms with Crippen molar-refractivity contribution in [2.75, 3.05) is 0 Å². The molecule has 0 N–H and O–H groups in total. The van der Waals surface area contributed by atoms with Gasteiger partial charge >= 0.3 is 0 Å². The number of hydrogen-bond donors (Lipinski definition) is 0. The number of hydrogen-bond acceptors (Lipinski definition) is 2. The van der Waals surface area contributed by atoms with Gasteiger partial charge < -0.3 is 0 Å². The van der Waals surface area contributed by atoms with Crippen molar-refractivity contribution in [3.63, 3.8) is 0 Å². The van der Waals surface area contributed by atoms with Crippen LogP contribution in [0.25, 0.3) is 99.6 Å². The molecule has 0 bridgehead atoms. The Morgan fingerprint density at radius 1 is 0.351 bits per heavy atom. The molecule has 1 heterocycles. The van der Waals surface area contributed by atoms with Crippen LogP contribution in [0.2, 0.25) is 0 Å². The molecule has 0 fully saturated rings. The molecular formula is C55H38N2. The molecule has 9 aromatic carbocycles. The molecule has 268 valence electrons. The summed E-state index contributed by atoms with van der Waals surface area (Å²) in [5.74, 6) is 0.713. The van der Waals surface area contributed by atoms with Crippen LogP contribution in [0.1, 0.15) is 25.0 Å². The van der Waals surface area contributed by atoms with E-state index in [4.69, 9.17) is 9.97 Å². The van der Waals surface area contributed by atoms with Crippen molar-refractivity contribution < 1.29 is 0 Å². The molecule has 0 spiro atoms. The highest BCUT2D eigenvalue weighted by Gasteiger charge is 2.37. The number of benzene rings is 9. The first-order valence-electron chi connectivity index (χ1n) is 19.7. The van der Waals surface area contributed by atoms with Crippen LogP contribution in [0, 0.1) is 0 Å². The van der Waals surface area contributed by atoms with E-state index in [-0.39, 0.29) is 5.41 Å². The Balaban J connectivity index is 1.17. The lowest BCUT2D eigenvalue weighted by molar-refractivity contribution is 0.662. The Hall–Kier alpha value is -7.16. The van der Waals surface area contributed by atoms with Crippen molar-refractivity contribution in [3.05, 3.63) is 205 Å². The average Bonchev–Trinajstić information content (AvgIpc) is 3.51. The van der Waals surface area contributed by atoms with Crippen LogP contribution < -0.4 is 0 Å². The smallest absolute Gasteiger partial charge is 0.161 e. The summed E-state index contributed by atoms with van der Waals surface area (Å²) in [5, 5.41) is 7.08. The second kappa shape index (κ2) is 13.0. The molecule has 1 aliphatic rings. The molecule has 0 unspecified atom stereocenters. The lowest BCUT2D eigenvalue weighted by Crippen LogP contribution is -2.16. The second-order valence-corrected chi connectivity index (χ2v) is 15.7. The van der Waals surface area contributed by atoms with Crippen molar-refractivity contribution in [3.8, 4) is 67.3 Å². The highest BCUT2D eigenvalue weighted by Crippen LogP contribution is 2.52. The van der Waals surface area contributed by atoms with Crippen LogP contribution in [0.3, 0.4) is 0 Å². The fourth-order valence-electron chi connectivity index (χ4n) is 9.42. The van der Waals surface area contributed by atoms with Gasteiger partial charge in [0.25, 0.3) is 0 Å². The normalized spacial score (nSPS) is 12.9. The lowest BCUT2D eigenvalue weighted by atomic mass is 9.78. The number of aromatic nitrogens is 2. The molecular weight excluding hydrogens is 689 g/mol. The van der Waals surface area contributed by atoms with Crippen molar-refractivity contribution in [2.24, 2.45) is 0 Å². The van der Waals surface area contributed by atoms with Gasteiger partial charge in [0.2, 0.25) is 0 Å². The van der Waals surface area contributed by atoms with Crippen LogP contribution >= 0.6 is 0 Å². The van der Waals surface area contributed by atoms with Gasteiger partial charge in [-0.05, 0) is 95.0 Å². The van der Waals surface area contributed by atoms with Crippen LogP contribution in [0.5, 0.6) is 0 Å². The summed E-state index contributed by atoms with van der Waals surface area (Å²) in [7, 11) is 0. The zero-order valence-corrected chi connectivity index (χ0v) is 31.9. The fraction of sp³-hybridized carbons (Fsp3) is 0.0545. The molecule has 2 heteroatoms. The summed E-state index contributed by atoms with van der Waals surface area (Å²) >= 11 is 0. The number of nitrogens with zero attached hydrogens (tertiary/aromatic N) is 2. The average molecular weight is 727 g/mol. The Morgan fingerprint density at radius 3 is 1.82 bits per heavy atom. The van der Waals surface area contributed by atoms with Gasteiger partial charge in [-0.3, -0.25) is 0 Å². The Kier molecular flexibility index (Phi) is 7.55. The van der Waals surface area contributed by atoms with E-state index in [2.05, 4.69) is 208 Å². The van der Waals surface area contributed by atoms with E-state index in [0.717, 1.165) is 50.0 Å². The summed E-state index contributed by atoms with van der Waals surface area (Å²) in [4.78, 5) is 11.1. The summed E-state index contributed by atoms with van der Waals surface area (Å²) in [5.41, 5.74) is 14.9. The van der Waals surface area contributed by atoms with E-state index in [1.807, 2.05) is 0 Å². The number of fused-ring (bicyclic) bond motifs is 7. The molecule has 57 heavy (non-hydrogen) atoms. The molecule has 0 saturated heterocycles. The second-order valence-electron chi connectivity index (χ2n) is 15.7. The van der Waals surface area contributed by atoms with Crippen LogP contribution in [-0.2, 0) is 5.41 Å². The van der Waals surface area contributed by atoms with E-state index in [0.29, 0.717) is 5.82 Å². The van der Waals surface area contributed by atoms with E-state index < -0.39 is 0 Å². The van der Waals surface area contributed by atoms with Crippen LogP contribution in [0.15, 0.2) is 194 Å².